The quantitative estimate of drug-likeness (QED) is 0.825. The lowest BCUT2D eigenvalue weighted by Crippen LogP contribution is -2.27. The van der Waals surface area contributed by atoms with Crippen molar-refractivity contribution < 1.29 is 9.90 Å². The third-order valence-electron chi connectivity index (χ3n) is 4.50. The molecule has 0 amide bonds. The van der Waals surface area contributed by atoms with Gasteiger partial charge in [0.1, 0.15) is 0 Å². The SMILES string of the molecule is CC(C)(C)c1cc(Cl)ccc1NCC1CCCC(C(=O)O)C1. The van der Waals surface area contributed by atoms with Gasteiger partial charge in [0.15, 0.2) is 0 Å². The molecule has 4 heteroatoms. The maximum absolute atomic E-state index is 11.2. The molecule has 0 heterocycles. The predicted octanol–water partition coefficient (Wildman–Crippen LogP) is 4.94. The molecular weight excluding hydrogens is 298 g/mol. The van der Waals surface area contributed by atoms with E-state index >= 15 is 0 Å². The number of rotatable bonds is 4. The van der Waals surface area contributed by atoms with Gasteiger partial charge in [0.2, 0.25) is 0 Å². The first-order valence-corrected chi connectivity index (χ1v) is 8.42. The Morgan fingerprint density at radius 3 is 2.73 bits per heavy atom. The van der Waals surface area contributed by atoms with Gasteiger partial charge in [-0.1, -0.05) is 38.8 Å². The van der Waals surface area contributed by atoms with E-state index in [0.717, 1.165) is 42.9 Å². The molecule has 1 aromatic carbocycles. The first-order valence-electron chi connectivity index (χ1n) is 8.04. The van der Waals surface area contributed by atoms with Crippen molar-refractivity contribution >= 4 is 23.3 Å². The Morgan fingerprint density at radius 2 is 2.09 bits per heavy atom. The van der Waals surface area contributed by atoms with Crippen LogP contribution in [0.15, 0.2) is 18.2 Å². The molecular formula is C18H26ClNO2. The summed E-state index contributed by atoms with van der Waals surface area (Å²) in [5, 5.41) is 13.5. The molecule has 0 radical (unpaired) electrons. The topological polar surface area (TPSA) is 49.3 Å². The van der Waals surface area contributed by atoms with Crippen LogP contribution >= 0.6 is 11.6 Å². The van der Waals surface area contributed by atoms with E-state index < -0.39 is 5.97 Å². The van der Waals surface area contributed by atoms with Gasteiger partial charge >= 0.3 is 5.97 Å². The normalized spacial score (nSPS) is 22.4. The van der Waals surface area contributed by atoms with Crippen molar-refractivity contribution in [1.82, 2.24) is 0 Å². The van der Waals surface area contributed by atoms with Crippen molar-refractivity contribution in [1.29, 1.82) is 0 Å². The average Bonchev–Trinajstić information content (AvgIpc) is 2.45. The van der Waals surface area contributed by atoms with Crippen LogP contribution in [-0.4, -0.2) is 17.6 Å². The van der Waals surface area contributed by atoms with Crippen LogP contribution in [0, 0.1) is 11.8 Å². The Kier molecular flexibility index (Phi) is 5.38. The van der Waals surface area contributed by atoms with E-state index in [-0.39, 0.29) is 11.3 Å². The average molecular weight is 324 g/mol. The fourth-order valence-electron chi connectivity index (χ4n) is 3.25. The predicted molar refractivity (Wildman–Crippen MR) is 91.7 cm³/mol. The molecule has 122 valence electrons. The largest absolute Gasteiger partial charge is 0.481 e. The van der Waals surface area contributed by atoms with Gasteiger partial charge in [-0.15, -0.1) is 0 Å². The van der Waals surface area contributed by atoms with E-state index in [2.05, 4.69) is 26.1 Å². The van der Waals surface area contributed by atoms with Crippen molar-refractivity contribution in [2.45, 2.75) is 51.9 Å². The van der Waals surface area contributed by atoms with E-state index in [1.165, 1.54) is 5.56 Å². The summed E-state index contributed by atoms with van der Waals surface area (Å²) >= 11 is 6.13. The summed E-state index contributed by atoms with van der Waals surface area (Å²) in [6.45, 7) is 7.34. The second-order valence-corrected chi connectivity index (χ2v) is 7.83. The Labute approximate surface area is 138 Å². The van der Waals surface area contributed by atoms with E-state index in [1.54, 1.807) is 0 Å². The number of aliphatic carboxylic acids is 1. The van der Waals surface area contributed by atoms with Gasteiger partial charge in [-0.05, 0) is 54.4 Å². The van der Waals surface area contributed by atoms with Gasteiger partial charge in [-0.3, -0.25) is 4.79 Å². The van der Waals surface area contributed by atoms with Gasteiger partial charge in [0.05, 0.1) is 5.92 Å². The van der Waals surface area contributed by atoms with Crippen molar-refractivity contribution in [2.75, 3.05) is 11.9 Å². The van der Waals surface area contributed by atoms with E-state index in [0.29, 0.717) is 5.92 Å². The smallest absolute Gasteiger partial charge is 0.306 e. The van der Waals surface area contributed by atoms with Crippen LogP contribution in [0.1, 0.15) is 52.0 Å². The van der Waals surface area contributed by atoms with Crippen molar-refractivity contribution in [3.63, 3.8) is 0 Å². The van der Waals surface area contributed by atoms with Crippen molar-refractivity contribution in [3.8, 4) is 0 Å². The number of carbonyl (C=O) groups is 1. The summed E-state index contributed by atoms with van der Waals surface area (Å²) in [4.78, 5) is 11.2. The van der Waals surface area contributed by atoms with E-state index in [1.807, 2.05) is 18.2 Å². The third kappa shape index (κ3) is 4.39. The molecule has 1 aromatic rings. The first-order chi connectivity index (χ1) is 10.3. The molecule has 2 unspecified atom stereocenters. The molecule has 0 bridgehead atoms. The van der Waals surface area contributed by atoms with Crippen LogP contribution < -0.4 is 5.32 Å². The van der Waals surface area contributed by atoms with E-state index in [4.69, 9.17) is 11.6 Å². The van der Waals surface area contributed by atoms with E-state index in [9.17, 15) is 9.90 Å². The summed E-state index contributed by atoms with van der Waals surface area (Å²) in [5.74, 6) is -0.391. The fourth-order valence-corrected chi connectivity index (χ4v) is 3.42. The molecule has 3 nitrogen and oxygen atoms in total. The first kappa shape index (κ1) is 17.1. The standard InChI is InChI=1S/C18H26ClNO2/c1-18(2,3)15-10-14(19)7-8-16(15)20-11-12-5-4-6-13(9-12)17(21)22/h7-8,10,12-13,20H,4-6,9,11H2,1-3H3,(H,21,22). The highest BCUT2D eigenvalue weighted by Crippen LogP contribution is 2.33. The number of hydrogen-bond acceptors (Lipinski definition) is 2. The molecule has 0 saturated heterocycles. The maximum atomic E-state index is 11.2. The fraction of sp³-hybridized carbons (Fsp3) is 0.611. The number of benzene rings is 1. The van der Waals surface area contributed by atoms with Crippen LogP contribution in [0.5, 0.6) is 0 Å². The summed E-state index contributed by atoms with van der Waals surface area (Å²) in [7, 11) is 0. The zero-order valence-corrected chi connectivity index (χ0v) is 14.4. The number of carboxylic acids is 1. The summed E-state index contributed by atoms with van der Waals surface area (Å²) in [6.07, 6.45) is 3.71. The third-order valence-corrected chi connectivity index (χ3v) is 4.74. The van der Waals surface area contributed by atoms with Crippen LogP contribution in [0.4, 0.5) is 5.69 Å². The molecule has 22 heavy (non-hydrogen) atoms. The number of nitrogens with one attached hydrogen (secondary N) is 1. The maximum Gasteiger partial charge on any atom is 0.306 e. The summed E-state index contributed by atoms with van der Waals surface area (Å²) in [6, 6.07) is 5.95. The van der Waals surface area contributed by atoms with Gasteiger partial charge in [-0.25, -0.2) is 0 Å². The minimum atomic E-state index is -0.647. The zero-order chi connectivity index (χ0) is 16.3. The minimum Gasteiger partial charge on any atom is -0.481 e. The highest BCUT2D eigenvalue weighted by Gasteiger charge is 2.27. The molecule has 1 saturated carbocycles. The number of carboxylic acid groups (broad SMARTS) is 1. The van der Waals surface area contributed by atoms with Crippen molar-refractivity contribution in [2.24, 2.45) is 11.8 Å². The number of anilines is 1. The van der Waals surface area contributed by atoms with Crippen molar-refractivity contribution in [3.05, 3.63) is 28.8 Å². The van der Waals surface area contributed by atoms with Crippen LogP contribution in [0.25, 0.3) is 0 Å². The second kappa shape index (κ2) is 6.91. The zero-order valence-electron chi connectivity index (χ0n) is 13.7. The van der Waals surface area contributed by atoms with Crippen LogP contribution in [-0.2, 0) is 10.2 Å². The highest BCUT2D eigenvalue weighted by atomic mass is 35.5. The molecule has 1 fully saturated rings. The van der Waals surface area contributed by atoms with Crippen LogP contribution in [0.3, 0.4) is 0 Å². The van der Waals surface area contributed by atoms with Gasteiger partial charge in [0.25, 0.3) is 0 Å². The lowest BCUT2D eigenvalue weighted by Gasteiger charge is -2.29. The lowest BCUT2D eigenvalue weighted by molar-refractivity contribution is -0.143. The second-order valence-electron chi connectivity index (χ2n) is 7.39. The van der Waals surface area contributed by atoms with Gasteiger partial charge < -0.3 is 10.4 Å². The lowest BCUT2D eigenvalue weighted by atomic mass is 9.81. The Hall–Kier alpha value is -1.22. The minimum absolute atomic E-state index is 0.0173. The number of halogens is 1. The molecule has 2 N–H and O–H groups in total. The molecule has 1 aliphatic rings. The molecule has 1 aliphatic carbocycles. The van der Waals surface area contributed by atoms with Gasteiger partial charge in [0, 0.05) is 17.3 Å². The van der Waals surface area contributed by atoms with Gasteiger partial charge in [-0.2, -0.15) is 0 Å². The van der Waals surface area contributed by atoms with Crippen LogP contribution in [0.2, 0.25) is 5.02 Å². The summed E-state index contributed by atoms with van der Waals surface area (Å²) < 4.78 is 0. The Bertz CT molecular complexity index is 536. The number of hydrogen-bond donors (Lipinski definition) is 2. The molecule has 0 aromatic heterocycles. The molecule has 2 rings (SSSR count). The monoisotopic (exact) mass is 323 g/mol. The molecule has 0 aliphatic heterocycles. The molecule has 2 atom stereocenters. The Balaban J connectivity index is 2.04. The molecule has 0 spiro atoms. The highest BCUT2D eigenvalue weighted by molar-refractivity contribution is 6.30. The summed E-state index contributed by atoms with van der Waals surface area (Å²) in [5.41, 5.74) is 2.32. The Morgan fingerprint density at radius 1 is 1.36 bits per heavy atom.